The summed E-state index contributed by atoms with van der Waals surface area (Å²) >= 11 is 5.74. The highest BCUT2D eigenvalue weighted by molar-refractivity contribution is 7.92. The Balaban J connectivity index is 1.60. The number of hydrogen-bond donors (Lipinski definition) is 2. The molecular formula is C26H23N5O5S2. The van der Waals surface area contributed by atoms with Crippen LogP contribution in [0.5, 0.6) is 0 Å². The maximum atomic E-state index is 11.8. The van der Waals surface area contributed by atoms with Crippen molar-refractivity contribution in [3.05, 3.63) is 106 Å². The molecule has 1 saturated heterocycles. The number of aryl methyl sites for hydroxylation is 1. The normalized spacial score (nSPS) is 17.3. The van der Waals surface area contributed by atoms with Gasteiger partial charge in [-0.3, -0.25) is 19.8 Å². The van der Waals surface area contributed by atoms with Crippen molar-refractivity contribution in [3.63, 3.8) is 0 Å². The van der Waals surface area contributed by atoms with E-state index < -0.39 is 21.0 Å². The molecule has 194 valence electrons. The number of aromatic nitrogens is 1. The van der Waals surface area contributed by atoms with E-state index >= 15 is 0 Å². The topological polar surface area (TPSA) is 131 Å². The third kappa shape index (κ3) is 4.95. The van der Waals surface area contributed by atoms with Gasteiger partial charge in [0.25, 0.3) is 5.69 Å². The lowest BCUT2D eigenvalue weighted by molar-refractivity contribution is -0.384. The van der Waals surface area contributed by atoms with Crippen molar-refractivity contribution in [1.82, 2.24) is 10.3 Å². The number of hydrogen-bond acceptors (Lipinski definition) is 7. The van der Waals surface area contributed by atoms with Crippen LogP contribution in [-0.4, -0.2) is 29.7 Å². The minimum absolute atomic E-state index is 0.0591. The first-order valence-corrected chi connectivity index (χ1v) is 13.8. The van der Waals surface area contributed by atoms with Gasteiger partial charge in [0, 0.05) is 18.0 Å². The van der Waals surface area contributed by atoms with E-state index in [1.807, 2.05) is 29.2 Å². The summed E-state index contributed by atoms with van der Waals surface area (Å²) in [6.07, 6.45) is 2.79. The summed E-state index contributed by atoms with van der Waals surface area (Å²) in [6.45, 7) is 1.80. The summed E-state index contributed by atoms with van der Waals surface area (Å²) in [5.41, 5.74) is 2.92. The molecule has 4 aromatic rings. The smallest absolute Gasteiger partial charge is 0.280 e. The molecule has 1 aliphatic rings. The fraction of sp³-hybridized carbons (Fsp3) is 0.154. The van der Waals surface area contributed by atoms with E-state index in [9.17, 15) is 18.5 Å². The zero-order valence-electron chi connectivity index (χ0n) is 20.4. The van der Waals surface area contributed by atoms with Crippen LogP contribution in [0.4, 0.5) is 17.1 Å². The Morgan fingerprint density at radius 3 is 2.55 bits per heavy atom. The second kappa shape index (κ2) is 9.88. The summed E-state index contributed by atoms with van der Waals surface area (Å²) in [7, 11) is -3.45. The molecule has 10 nitrogen and oxygen atoms in total. The largest absolute Gasteiger partial charge is 0.459 e. The summed E-state index contributed by atoms with van der Waals surface area (Å²) in [6, 6.07) is 19.9. The van der Waals surface area contributed by atoms with Crippen LogP contribution < -0.4 is 14.9 Å². The molecule has 0 radical (unpaired) electrons. The molecule has 2 N–H and O–H groups in total. The van der Waals surface area contributed by atoms with Gasteiger partial charge in [0.1, 0.15) is 17.6 Å². The van der Waals surface area contributed by atoms with Crippen LogP contribution in [0.3, 0.4) is 0 Å². The monoisotopic (exact) mass is 549 g/mol. The number of benzene rings is 2. The van der Waals surface area contributed by atoms with Crippen molar-refractivity contribution in [1.29, 1.82) is 0 Å². The minimum atomic E-state index is -3.45. The first-order chi connectivity index (χ1) is 18.1. The summed E-state index contributed by atoms with van der Waals surface area (Å²) in [4.78, 5) is 17.6. The first-order valence-electron chi connectivity index (χ1n) is 11.5. The van der Waals surface area contributed by atoms with Crippen LogP contribution in [0, 0.1) is 17.0 Å². The number of furan rings is 1. The Hall–Kier alpha value is -4.29. The van der Waals surface area contributed by atoms with Crippen molar-refractivity contribution < 1.29 is 17.8 Å². The zero-order chi connectivity index (χ0) is 27.0. The lowest BCUT2D eigenvalue weighted by Gasteiger charge is -2.26. The molecule has 0 unspecified atom stereocenters. The molecule has 2 aromatic carbocycles. The molecule has 0 saturated carbocycles. The fourth-order valence-electron chi connectivity index (χ4n) is 4.53. The third-order valence-corrected chi connectivity index (χ3v) is 7.07. The molecule has 0 bridgehead atoms. The standard InChI is InChI=1S/C26H23N5O5S2/c1-16-15-17(10-11-19(16)29-38(2,34)35)30-25(24(28-26(30)37)20-8-5-6-14-27-20)23-13-12-22(36-23)18-7-3-4-9-21(18)31(32)33/h3-15,24-25,29H,1-2H3,(H,28,37)/t24-,25-/m0/s1. The van der Waals surface area contributed by atoms with Crippen LogP contribution in [0.15, 0.2) is 83.4 Å². The highest BCUT2D eigenvalue weighted by Crippen LogP contribution is 2.44. The number of thiocarbonyl (C=S) groups is 1. The molecule has 2 atom stereocenters. The van der Waals surface area contributed by atoms with Gasteiger partial charge in [-0.1, -0.05) is 18.2 Å². The predicted molar refractivity (Wildman–Crippen MR) is 148 cm³/mol. The van der Waals surface area contributed by atoms with Crippen LogP contribution in [0.1, 0.15) is 29.1 Å². The van der Waals surface area contributed by atoms with E-state index in [1.54, 1.807) is 55.6 Å². The van der Waals surface area contributed by atoms with Gasteiger partial charge >= 0.3 is 0 Å². The lowest BCUT2D eigenvalue weighted by Crippen LogP contribution is -2.29. The second-order valence-corrected chi connectivity index (χ2v) is 11.0. The van der Waals surface area contributed by atoms with E-state index in [1.165, 1.54) is 6.07 Å². The van der Waals surface area contributed by atoms with Crippen molar-refractivity contribution in [3.8, 4) is 11.3 Å². The number of nitro groups is 1. The van der Waals surface area contributed by atoms with Gasteiger partial charge in [-0.25, -0.2) is 8.42 Å². The van der Waals surface area contributed by atoms with E-state index in [-0.39, 0.29) is 11.7 Å². The van der Waals surface area contributed by atoms with Crippen LogP contribution in [-0.2, 0) is 10.0 Å². The molecule has 1 fully saturated rings. The number of para-hydroxylation sites is 1. The van der Waals surface area contributed by atoms with Crippen molar-refractivity contribution in [2.45, 2.75) is 19.0 Å². The number of pyridine rings is 1. The highest BCUT2D eigenvalue weighted by atomic mass is 32.2. The molecule has 38 heavy (non-hydrogen) atoms. The van der Waals surface area contributed by atoms with Crippen molar-refractivity contribution >= 4 is 44.4 Å². The number of nitrogens with one attached hydrogen (secondary N) is 2. The maximum Gasteiger partial charge on any atom is 0.280 e. The fourth-order valence-corrected chi connectivity index (χ4v) is 5.51. The number of sulfonamides is 1. The molecule has 0 amide bonds. The predicted octanol–water partition coefficient (Wildman–Crippen LogP) is 5.11. The van der Waals surface area contributed by atoms with Crippen LogP contribution in [0.2, 0.25) is 0 Å². The van der Waals surface area contributed by atoms with E-state index in [2.05, 4.69) is 15.0 Å². The second-order valence-electron chi connectivity index (χ2n) is 8.85. The van der Waals surface area contributed by atoms with Gasteiger partial charge in [0.05, 0.1) is 34.2 Å². The molecular weight excluding hydrogens is 526 g/mol. The number of rotatable bonds is 7. The van der Waals surface area contributed by atoms with Gasteiger partial charge in [-0.2, -0.15) is 0 Å². The Bertz CT molecular complexity index is 1640. The summed E-state index contributed by atoms with van der Waals surface area (Å²) in [5, 5.41) is 15.4. The molecule has 0 spiro atoms. The molecule has 3 heterocycles. The lowest BCUT2D eigenvalue weighted by atomic mass is 10.0. The number of anilines is 2. The Kier molecular flexibility index (Phi) is 6.59. The molecule has 5 rings (SSSR count). The Labute approximate surface area is 224 Å². The molecule has 0 aliphatic carbocycles. The van der Waals surface area contributed by atoms with Gasteiger partial charge in [-0.05, 0) is 73.2 Å². The Morgan fingerprint density at radius 2 is 1.87 bits per heavy atom. The molecule has 12 heteroatoms. The summed E-state index contributed by atoms with van der Waals surface area (Å²) < 4.78 is 32.3. The molecule has 2 aromatic heterocycles. The van der Waals surface area contributed by atoms with E-state index in [0.29, 0.717) is 39.1 Å². The van der Waals surface area contributed by atoms with Crippen molar-refractivity contribution in [2.24, 2.45) is 0 Å². The average molecular weight is 550 g/mol. The van der Waals surface area contributed by atoms with E-state index in [0.717, 1.165) is 11.9 Å². The minimum Gasteiger partial charge on any atom is -0.459 e. The van der Waals surface area contributed by atoms with Crippen molar-refractivity contribution in [2.75, 3.05) is 15.9 Å². The third-order valence-electron chi connectivity index (χ3n) is 6.17. The number of nitrogens with zero attached hydrogens (tertiary/aromatic N) is 3. The maximum absolute atomic E-state index is 11.8. The van der Waals surface area contributed by atoms with Gasteiger partial charge in [0.15, 0.2) is 5.11 Å². The zero-order valence-corrected chi connectivity index (χ0v) is 22.0. The highest BCUT2D eigenvalue weighted by Gasteiger charge is 2.43. The molecule has 1 aliphatic heterocycles. The van der Waals surface area contributed by atoms with Gasteiger partial charge in [-0.15, -0.1) is 0 Å². The van der Waals surface area contributed by atoms with Crippen LogP contribution in [0.25, 0.3) is 11.3 Å². The van der Waals surface area contributed by atoms with Gasteiger partial charge < -0.3 is 14.6 Å². The SMILES string of the molecule is Cc1cc(N2C(=S)N[C@@H](c3ccccn3)[C@@H]2c2ccc(-c3ccccc3[N+](=O)[O-])o2)ccc1NS(C)(=O)=O. The first kappa shape index (κ1) is 25.4. The summed E-state index contributed by atoms with van der Waals surface area (Å²) in [5.74, 6) is 0.880. The van der Waals surface area contributed by atoms with Crippen LogP contribution >= 0.6 is 12.2 Å². The van der Waals surface area contributed by atoms with Gasteiger partial charge in [0.2, 0.25) is 10.0 Å². The Morgan fingerprint density at radius 1 is 1.11 bits per heavy atom. The quantitative estimate of drug-likeness (QED) is 0.183. The average Bonchev–Trinajstić information content (AvgIpc) is 3.49. The number of nitro benzene ring substituents is 1. The van der Waals surface area contributed by atoms with E-state index in [4.69, 9.17) is 16.6 Å².